The number of benzene rings is 4. The van der Waals surface area contributed by atoms with Crippen molar-refractivity contribution in [2.75, 3.05) is 98.9 Å². The Bertz CT molecular complexity index is 1620. The van der Waals surface area contributed by atoms with Gasteiger partial charge in [0.25, 0.3) is 0 Å². The molecule has 1 aliphatic heterocycles. The van der Waals surface area contributed by atoms with Gasteiger partial charge in [-0.25, -0.2) is 0 Å². The number of aliphatic hydroxyl groups is 1. The number of hydrogen-bond acceptors (Lipinski definition) is 13. The predicted molar refractivity (Wildman–Crippen MR) is 227 cm³/mol. The maximum atomic E-state index is 10.7. The van der Waals surface area contributed by atoms with Gasteiger partial charge in [0.05, 0.1) is 46.2 Å². The summed E-state index contributed by atoms with van der Waals surface area (Å²) >= 11 is 0. The van der Waals surface area contributed by atoms with Crippen LogP contribution in [0.25, 0.3) is 0 Å². The van der Waals surface area contributed by atoms with Crippen LogP contribution in [0.2, 0.25) is 0 Å². The van der Waals surface area contributed by atoms with Crippen LogP contribution in [-0.2, 0) is 33.2 Å². The third-order valence-corrected chi connectivity index (χ3v) is 9.28. The van der Waals surface area contributed by atoms with Crippen LogP contribution in [0.5, 0.6) is 23.0 Å². The van der Waals surface area contributed by atoms with Crippen molar-refractivity contribution in [1.29, 1.82) is 0 Å². The van der Waals surface area contributed by atoms with E-state index in [0.29, 0.717) is 44.5 Å². The van der Waals surface area contributed by atoms with Gasteiger partial charge in [0.15, 0.2) is 6.29 Å². The summed E-state index contributed by atoms with van der Waals surface area (Å²) in [5, 5.41) is 10.7. The van der Waals surface area contributed by atoms with Crippen LogP contribution >= 0.6 is 0 Å². The molecule has 60 heavy (non-hydrogen) atoms. The molecular weight excluding hydrogens is 771 g/mol. The van der Waals surface area contributed by atoms with Gasteiger partial charge >= 0.3 is 0 Å². The summed E-state index contributed by atoms with van der Waals surface area (Å²) in [4.78, 5) is 2.33. The van der Waals surface area contributed by atoms with E-state index < -0.39 is 30.7 Å². The number of para-hydroxylation sites is 4. The average molecular weight is 834 g/mol. The predicted octanol–water partition coefficient (Wildman–Crippen LogP) is 5.94. The SMILES string of the molecule is CCOC(C)OCC(COC(COc1ccccc1)COC(COc1ccccc1)CN1CCOCC1)OCC(COc1ccccc1)OCC(O)COc1ccccc1. The highest BCUT2D eigenvalue weighted by molar-refractivity contribution is 5.23. The lowest BCUT2D eigenvalue weighted by Crippen LogP contribution is -2.44. The monoisotopic (exact) mass is 833 g/mol. The van der Waals surface area contributed by atoms with E-state index in [1.165, 1.54) is 0 Å². The molecule has 0 radical (unpaired) electrons. The normalized spacial score (nSPS) is 16.2. The first kappa shape index (κ1) is 46.8. The fraction of sp³-hybridized carbons (Fsp3) is 0.489. The van der Waals surface area contributed by atoms with Gasteiger partial charge in [-0.15, -0.1) is 0 Å². The molecule has 1 aliphatic rings. The first-order chi connectivity index (χ1) is 29.5. The molecule has 6 atom stereocenters. The molecule has 1 heterocycles. The zero-order valence-corrected chi connectivity index (χ0v) is 35.0. The van der Waals surface area contributed by atoms with Gasteiger partial charge in [-0.1, -0.05) is 72.8 Å². The Kier molecular flexibility index (Phi) is 22.1. The summed E-state index contributed by atoms with van der Waals surface area (Å²) in [6.07, 6.45) is -3.14. The van der Waals surface area contributed by atoms with E-state index in [2.05, 4.69) is 4.90 Å². The van der Waals surface area contributed by atoms with E-state index >= 15 is 0 Å². The minimum absolute atomic E-state index is 0.00783. The number of ether oxygens (including phenoxy) is 11. The number of nitrogens with zero attached hydrogens (tertiary/aromatic N) is 1. The molecule has 0 saturated carbocycles. The van der Waals surface area contributed by atoms with Gasteiger partial charge < -0.3 is 57.2 Å². The summed E-state index contributed by atoms with van der Waals surface area (Å²) in [6.45, 7) is 9.49. The Labute approximate surface area is 355 Å². The van der Waals surface area contributed by atoms with Crippen LogP contribution in [0.1, 0.15) is 13.8 Å². The molecular formula is C47H63NO12. The highest BCUT2D eigenvalue weighted by Gasteiger charge is 2.24. The molecule has 5 rings (SSSR count). The van der Waals surface area contributed by atoms with Crippen molar-refractivity contribution < 1.29 is 57.2 Å². The van der Waals surface area contributed by atoms with E-state index in [4.69, 9.17) is 52.1 Å². The van der Waals surface area contributed by atoms with Crippen molar-refractivity contribution in [2.45, 2.75) is 50.7 Å². The molecule has 6 unspecified atom stereocenters. The first-order valence-electron chi connectivity index (χ1n) is 20.9. The first-order valence-corrected chi connectivity index (χ1v) is 20.9. The van der Waals surface area contributed by atoms with Gasteiger partial charge in [0, 0.05) is 26.2 Å². The Balaban J connectivity index is 1.23. The van der Waals surface area contributed by atoms with Crippen molar-refractivity contribution >= 4 is 0 Å². The van der Waals surface area contributed by atoms with Gasteiger partial charge in [-0.3, -0.25) is 4.90 Å². The molecule has 13 nitrogen and oxygen atoms in total. The minimum atomic E-state index is -0.880. The molecule has 4 aromatic rings. The largest absolute Gasteiger partial charge is 0.491 e. The van der Waals surface area contributed by atoms with Crippen molar-refractivity contribution in [1.82, 2.24) is 4.90 Å². The number of aliphatic hydroxyl groups excluding tert-OH is 1. The fourth-order valence-corrected chi connectivity index (χ4v) is 6.04. The second kappa shape index (κ2) is 28.3. The number of morpholine rings is 1. The van der Waals surface area contributed by atoms with Gasteiger partial charge in [-0.2, -0.15) is 0 Å². The van der Waals surface area contributed by atoms with Crippen LogP contribution in [0.3, 0.4) is 0 Å². The lowest BCUT2D eigenvalue weighted by atomic mass is 10.3. The van der Waals surface area contributed by atoms with E-state index in [1.54, 1.807) is 0 Å². The lowest BCUT2D eigenvalue weighted by molar-refractivity contribution is -0.173. The fourth-order valence-electron chi connectivity index (χ4n) is 6.04. The lowest BCUT2D eigenvalue weighted by Gasteiger charge is -2.31. The molecule has 0 aromatic heterocycles. The Morgan fingerprint density at radius 3 is 1.28 bits per heavy atom. The number of hydrogen-bond donors (Lipinski definition) is 1. The van der Waals surface area contributed by atoms with Crippen LogP contribution in [-0.4, -0.2) is 146 Å². The smallest absolute Gasteiger partial charge is 0.154 e. The molecule has 0 bridgehead atoms. The summed E-state index contributed by atoms with van der Waals surface area (Å²) in [5.41, 5.74) is 0. The van der Waals surface area contributed by atoms with Gasteiger partial charge in [0.1, 0.15) is 79.9 Å². The Hall–Kier alpha value is -4.28. The zero-order chi connectivity index (χ0) is 41.9. The molecule has 0 aliphatic carbocycles. The molecule has 1 N–H and O–H groups in total. The average Bonchev–Trinajstić information content (AvgIpc) is 3.29. The van der Waals surface area contributed by atoms with Crippen LogP contribution in [0, 0.1) is 0 Å². The Morgan fingerprint density at radius 2 is 0.833 bits per heavy atom. The molecule has 0 spiro atoms. The van der Waals surface area contributed by atoms with Crippen LogP contribution in [0.15, 0.2) is 121 Å². The Morgan fingerprint density at radius 1 is 0.467 bits per heavy atom. The summed E-state index contributed by atoms with van der Waals surface area (Å²) in [7, 11) is 0. The standard InChI is InChI=1S/C47H63NO12/c1-3-51-38(2)52-32-45(59-37-46(33-56-42-20-12-6-13-21-42)54-30-39(49)29-53-40-16-8-4-9-17-40)36-60-47(34-57-43-22-14-7-15-23-43)35-58-44(28-48-24-26-50-27-25-48)31-55-41-18-10-5-11-19-41/h4-23,38-39,44-47,49H,3,24-37H2,1-2H3. The molecule has 1 saturated heterocycles. The molecule has 4 aromatic carbocycles. The van der Waals surface area contributed by atoms with Crippen molar-refractivity contribution in [3.8, 4) is 23.0 Å². The minimum Gasteiger partial charge on any atom is -0.491 e. The van der Waals surface area contributed by atoms with Crippen molar-refractivity contribution in [3.05, 3.63) is 121 Å². The van der Waals surface area contributed by atoms with E-state index in [0.717, 1.165) is 24.6 Å². The second-order valence-corrected chi connectivity index (χ2v) is 14.2. The second-order valence-electron chi connectivity index (χ2n) is 14.2. The third kappa shape index (κ3) is 19.4. The maximum absolute atomic E-state index is 10.7. The summed E-state index contributed by atoms with van der Waals surface area (Å²) in [6, 6.07) is 38.2. The van der Waals surface area contributed by atoms with E-state index in [-0.39, 0.29) is 59.0 Å². The van der Waals surface area contributed by atoms with Crippen LogP contribution < -0.4 is 18.9 Å². The van der Waals surface area contributed by atoms with Gasteiger partial charge in [-0.05, 0) is 62.4 Å². The van der Waals surface area contributed by atoms with Gasteiger partial charge in [0.2, 0.25) is 0 Å². The van der Waals surface area contributed by atoms with E-state index in [9.17, 15) is 5.11 Å². The van der Waals surface area contributed by atoms with E-state index in [1.807, 2.05) is 135 Å². The summed E-state index contributed by atoms with van der Waals surface area (Å²) in [5.74, 6) is 2.86. The highest BCUT2D eigenvalue weighted by atomic mass is 16.7. The molecule has 328 valence electrons. The van der Waals surface area contributed by atoms with Crippen molar-refractivity contribution in [2.24, 2.45) is 0 Å². The van der Waals surface area contributed by atoms with Crippen molar-refractivity contribution in [3.63, 3.8) is 0 Å². The topological polar surface area (TPSA) is 125 Å². The molecule has 0 amide bonds. The molecule has 1 fully saturated rings. The highest BCUT2D eigenvalue weighted by Crippen LogP contribution is 2.16. The summed E-state index contributed by atoms with van der Waals surface area (Å²) < 4.78 is 67.2. The number of rotatable bonds is 31. The molecule has 13 heteroatoms. The van der Waals surface area contributed by atoms with Crippen LogP contribution in [0.4, 0.5) is 0 Å². The maximum Gasteiger partial charge on any atom is 0.154 e. The third-order valence-electron chi connectivity index (χ3n) is 9.28. The quantitative estimate of drug-likeness (QED) is 0.0603. The zero-order valence-electron chi connectivity index (χ0n) is 35.0.